The van der Waals surface area contributed by atoms with Crippen LogP contribution in [0, 0.1) is 17.1 Å². The van der Waals surface area contributed by atoms with Gasteiger partial charge in [0.25, 0.3) is 0 Å². The zero-order chi connectivity index (χ0) is 30.2. The van der Waals surface area contributed by atoms with Crippen molar-refractivity contribution in [2.45, 2.75) is 45.3 Å². The van der Waals surface area contributed by atoms with Crippen molar-refractivity contribution >= 4 is 22.8 Å². The Morgan fingerprint density at radius 3 is 2.50 bits per heavy atom. The Bertz CT molecular complexity index is 1700. The van der Waals surface area contributed by atoms with Gasteiger partial charge in [-0.1, -0.05) is 12.1 Å². The summed E-state index contributed by atoms with van der Waals surface area (Å²) in [5, 5.41) is 28.1. The molecule has 0 bridgehead atoms. The minimum atomic E-state index is -0.651. The normalized spacial score (nSPS) is 14.1. The van der Waals surface area contributed by atoms with Crippen molar-refractivity contribution in [2.75, 3.05) is 25.1 Å². The van der Waals surface area contributed by atoms with Crippen LogP contribution in [0.4, 0.5) is 15.0 Å². The Balaban J connectivity index is 1.59. The summed E-state index contributed by atoms with van der Waals surface area (Å²) < 4.78 is 27.3. The maximum absolute atomic E-state index is 14.9. The summed E-state index contributed by atoms with van der Waals surface area (Å²) in [7, 11) is 3.31. The fourth-order valence-electron chi connectivity index (χ4n) is 5.26. The average Bonchev–Trinajstić information content (AvgIpc) is 3.32. The third kappa shape index (κ3) is 5.65. The molecule has 3 heterocycles. The number of fused-ring (bicyclic) bond motifs is 1. The second-order valence-electron chi connectivity index (χ2n) is 11.3. The molecule has 2 aromatic heterocycles. The second-order valence-corrected chi connectivity index (χ2v) is 11.3. The van der Waals surface area contributed by atoms with Crippen LogP contribution in [0.5, 0.6) is 11.5 Å². The standard InChI is InChI=1S/C31H33FN6O4/c1-31(2,3)42-30(40)35-21-10-12-38(13-11-21)29-28-22(17-34-37(28)4)26(18-8-9-25(41-5)24(39)15-18)27(36-29)19-6-7-20(16-33)23(32)14-19/h6-9,14-15,17,21,39H,10-13H2,1-5H3,(H,35,40). The second kappa shape index (κ2) is 11.2. The van der Waals surface area contributed by atoms with Crippen LogP contribution >= 0.6 is 0 Å². The van der Waals surface area contributed by atoms with Gasteiger partial charge < -0.3 is 24.8 Å². The molecule has 10 nitrogen and oxygen atoms in total. The molecule has 11 heteroatoms. The highest BCUT2D eigenvalue weighted by Gasteiger charge is 2.28. The van der Waals surface area contributed by atoms with Crippen molar-refractivity contribution in [2.24, 2.45) is 7.05 Å². The highest BCUT2D eigenvalue weighted by Crippen LogP contribution is 2.43. The number of rotatable bonds is 5. The largest absolute Gasteiger partial charge is 0.504 e. The summed E-state index contributed by atoms with van der Waals surface area (Å²) in [5.41, 5.74) is 2.39. The van der Waals surface area contributed by atoms with Crippen LogP contribution in [0.15, 0.2) is 42.6 Å². The van der Waals surface area contributed by atoms with Crippen molar-refractivity contribution in [3.63, 3.8) is 0 Å². The molecule has 1 aliphatic heterocycles. The lowest BCUT2D eigenvalue weighted by Gasteiger charge is -2.34. The molecule has 0 radical (unpaired) electrons. The molecule has 2 N–H and O–H groups in total. The molecule has 42 heavy (non-hydrogen) atoms. The summed E-state index contributed by atoms with van der Waals surface area (Å²) >= 11 is 0. The molecule has 1 amide bonds. The van der Waals surface area contributed by atoms with Crippen LogP contribution in [0.3, 0.4) is 0 Å². The number of nitrogens with zero attached hydrogens (tertiary/aromatic N) is 5. The van der Waals surface area contributed by atoms with E-state index < -0.39 is 17.5 Å². The third-order valence-corrected chi connectivity index (χ3v) is 7.22. The van der Waals surface area contributed by atoms with Crippen LogP contribution in [0.25, 0.3) is 33.3 Å². The predicted octanol–water partition coefficient (Wildman–Crippen LogP) is 5.52. The van der Waals surface area contributed by atoms with E-state index in [4.69, 9.17) is 14.5 Å². The van der Waals surface area contributed by atoms with E-state index in [1.807, 2.05) is 33.9 Å². The third-order valence-electron chi connectivity index (χ3n) is 7.22. The molecular weight excluding hydrogens is 539 g/mol. The van der Waals surface area contributed by atoms with Gasteiger partial charge in [0.1, 0.15) is 23.0 Å². The number of pyridine rings is 1. The lowest BCUT2D eigenvalue weighted by molar-refractivity contribution is 0.0497. The van der Waals surface area contributed by atoms with Crippen LogP contribution < -0.4 is 15.0 Å². The van der Waals surface area contributed by atoms with Gasteiger partial charge in [-0.05, 0) is 63.4 Å². The number of carbonyl (C=O) groups excluding carboxylic acids is 1. The van der Waals surface area contributed by atoms with Gasteiger partial charge in [-0.3, -0.25) is 4.68 Å². The van der Waals surface area contributed by atoms with Gasteiger partial charge in [-0.2, -0.15) is 10.4 Å². The quantitative estimate of drug-likeness (QED) is 0.320. The smallest absolute Gasteiger partial charge is 0.407 e. The number of aromatic hydroxyl groups is 1. The molecule has 0 unspecified atom stereocenters. The number of methoxy groups -OCH3 is 1. The van der Waals surface area contributed by atoms with E-state index in [0.717, 1.165) is 10.9 Å². The number of anilines is 1. The highest BCUT2D eigenvalue weighted by molar-refractivity contribution is 6.06. The number of phenolic OH excluding ortho intramolecular Hbond substituents is 1. The summed E-state index contributed by atoms with van der Waals surface area (Å²) in [5.74, 6) is 0.288. The summed E-state index contributed by atoms with van der Waals surface area (Å²) in [4.78, 5) is 19.6. The number of aryl methyl sites for hydroxylation is 1. The molecule has 2 aromatic carbocycles. The number of aromatic nitrogens is 3. The van der Waals surface area contributed by atoms with Gasteiger partial charge in [0, 0.05) is 42.7 Å². The first-order chi connectivity index (χ1) is 20.0. The minimum Gasteiger partial charge on any atom is -0.504 e. The number of alkyl carbamates (subject to hydrolysis) is 1. The van der Waals surface area contributed by atoms with Gasteiger partial charge in [-0.15, -0.1) is 0 Å². The van der Waals surface area contributed by atoms with Gasteiger partial charge in [0.2, 0.25) is 0 Å². The Kier molecular flexibility index (Phi) is 7.65. The molecule has 4 aromatic rings. The molecule has 218 valence electrons. The first-order valence-corrected chi connectivity index (χ1v) is 13.7. The Labute approximate surface area is 243 Å². The Morgan fingerprint density at radius 1 is 1.17 bits per heavy atom. The Hall–Kier alpha value is -4.85. The molecule has 0 saturated carbocycles. The lowest BCUT2D eigenvalue weighted by Crippen LogP contribution is -2.46. The number of hydrogen-bond donors (Lipinski definition) is 2. The maximum atomic E-state index is 14.9. The first-order valence-electron chi connectivity index (χ1n) is 13.7. The van der Waals surface area contributed by atoms with Gasteiger partial charge in [-0.25, -0.2) is 14.2 Å². The number of benzene rings is 2. The molecule has 1 saturated heterocycles. The van der Waals surface area contributed by atoms with Crippen molar-refractivity contribution in [1.82, 2.24) is 20.1 Å². The van der Waals surface area contributed by atoms with E-state index in [9.17, 15) is 19.6 Å². The van der Waals surface area contributed by atoms with Crippen molar-refractivity contribution in [1.29, 1.82) is 5.26 Å². The van der Waals surface area contributed by atoms with E-state index in [2.05, 4.69) is 15.3 Å². The number of halogens is 1. The van der Waals surface area contributed by atoms with Gasteiger partial charge >= 0.3 is 6.09 Å². The van der Waals surface area contributed by atoms with Crippen molar-refractivity contribution in [3.8, 4) is 40.0 Å². The molecule has 1 aliphatic rings. The molecule has 0 spiro atoms. The summed E-state index contributed by atoms with van der Waals surface area (Å²) in [6.45, 7) is 6.70. The monoisotopic (exact) mass is 572 g/mol. The number of amides is 1. The number of nitriles is 1. The molecule has 0 atom stereocenters. The van der Waals surface area contributed by atoms with Crippen molar-refractivity contribution in [3.05, 3.63) is 54.0 Å². The number of hydrogen-bond acceptors (Lipinski definition) is 8. The van der Waals surface area contributed by atoms with E-state index >= 15 is 0 Å². The predicted molar refractivity (Wildman–Crippen MR) is 157 cm³/mol. The fourth-order valence-corrected chi connectivity index (χ4v) is 5.26. The number of nitrogens with one attached hydrogen (secondary N) is 1. The summed E-state index contributed by atoms with van der Waals surface area (Å²) in [6.07, 6.45) is 2.65. The van der Waals surface area contributed by atoms with E-state index in [1.165, 1.54) is 19.2 Å². The number of phenols is 1. The van der Waals surface area contributed by atoms with Gasteiger partial charge in [0.05, 0.1) is 24.6 Å². The summed E-state index contributed by atoms with van der Waals surface area (Å²) in [6, 6.07) is 11.3. The van der Waals surface area contributed by atoms with E-state index in [1.54, 1.807) is 35.1 Å². The number of piperidine rings is 1. The van der Waals surface area contributed by atoms with E-state index in [-0.39, 0.29) is 17.4 Å². The van der Waals surface area contributed by atoms with E-state index in [0.29, 0.717) is 59.9 Å². The molecular formula is C31H33FN6O4. The van der Waals surface area contributed by atoms with Crippen LogP contribution in [0.1, 0.15) is 39.2 Å². The zero-order valence-electron chi connectivity index (χ0n) is 24.2. The average molecular weight is 573 g/mol. The SMILES string of the molecule is COc1ccc(-c2c(-c3ccc(C#N)c(F)c3)nc(N3CCC(NC(=O)OC(C)(C)C)CC3)c3c2cnn3C)cc1O. The fraction of sp³-hybridized carbons (Fsp3) is 0.355. The lowest BCUT2D eigenvalue weighted by atomic mass is 9.94. The first kappa shape index (κ1) is 28.7. The maximum Gasteiger partial charge on any atom is 0.407 e. The highest BCUT2D eigenvalue weighted by atomic mass is 19.1. The molecule has 5 rings (SSSR count). The van der Waals surface area contributed by atoms with Crippen molar-refractivity contribution < 1.29 is 23.8 Å². The van der Waals surface area contributed by atoms with Crippen LogP contribution in [-0.2, 0) is 11.8 Å². The Morgan fingerprint density at radius 2 is 1.88 bits per heavy atom. The molecule has 0 aliphatic carbocycles. The van der Waals surface area contributed by atoms with Gasteiger partial charge in [0.15, 0.2) is 17.3 Å². The zero-order valence-corrected chi connectivity index (χ0v) is 24.2. The van der Waals surface area contributed by atoms with Crippen LogP contribution in [0.2, 0.25) is 0 Å². The molecule has 1 fully saturated rings. The number of carbonyl (C=O) groups is 1. The van der Waals surface area contributed by atoms with Crippen LogP contribution in [-0.4, -0.2) is 57.8 Å². The number of ether oxygens (including phenoxy) is 2. The minimum absolute atomic E-state index is 0.0485. The topological polar surface area (TPSA) is 126 Å².